The summed E-state index contributed by atoms with van der Waals surface area (Å²) in [6.07, 6.45) is 0. The van der Waals surface area contributed by atoms with Crippen LogP contribution in [0.2, 0.25) is 0 Å². The van der Waals surface area contributed by atoms with E-state index < -0.39 is 0 Å². The molecule has 0 aromatic heterocycles. The maximum absolute atomic E-state index is 11.1. The minimum absolute atomic E-state index is 0.324. The Balaban J connectivity index is 2.75. The highest BCUT2D eigenvalue weighted by molar-refractivity contribution is 6.40. The number of nitrogens with one attached hydrogen (secondary N) is 1. The highest BCUT2D eigenvalue weighted by Gasteiger charge is 2.27. The molecule has 57 valence electrons. The standard InChI is InChI=1S/C8H4NO2Si/c10-7-4-2-1-3-5(12)6(4)8(11)9-7/h1-3H,(H,9,10,11). The van der Waals surface area contributed by atoms with E-state index in [9.17, 15) is 9.59 Å². The van der Waals surface area contributed by atoms with Crippen LogP contribution in [0.15, 0.2) is 18.2 Å². The molecule has 1 aliphatic rings. The predicted octanol–water partition coefficient (Wildman–Crippen LogP) is -0.636. The summed E-state index contributed by atoms with van der Waals surface area (Å²) < 4.78 is 0. The molecule has 1 heterocycles. The third kappa shape index (κ3) is 0.815. The van der Waals surface area contributed by atoms with Crippen molar-refractivity contribution in [3.63, 3.8) is 0 Å². The Morgan fingerprint density at radius 2 is 1.92 bits per heavy atom. The van der Waals surface area contributed by atoms with Gasteiger partial charge in [-0.3, -0.25) is 14.9 Å². The Bertz CT molecular complexity index is 387. The van der Waals surface area contributed by atoms with Gasteiger partial charge in [0, 0.05) is 0 Å². The highest BCUT2D eigenvalue weighted by atomic mass is 28.1. The molecule has 0 aliphatic carbocycles. The lowest BCUT2D eigenvalue weighted by Crippen LogP contribution is -2.22. The summed E-state index contributed by atoms with van der Waals surface area (Å²) in [4.78, 5) is 22.2. The second kappa shape index (κ2) is 2.28. The normalized spacial score (nSPS) is 14.4. The van der Waals surface area contributed by atoms with Crippen LogP contribution in [0.4, 0.5) is 0 Å². The molecule has 3 nitrogen and oxygen atoms in total. The minimum Gasteiger partial charge on any atom is -0.288 e. The fourth-order valence-corrected chi connectivity index (χ4v) is 1.56. The van der Waals surface area contributed by atoms with Crippen LogP contribution < -0.4 is 10.5 Å². The van der Waals surface area contributed by atoms with Gasteiger partial charge in [-0.1, -0.05) is 17.3 Å². The quantitative estimate of drug-likeness (QED) is 0.420. The minimum atomic E-state index is -0.333. The lowest BCUT2D eigenvalue weighted by Gasteiger charge is -1.96. The van der Waals surface area contributed by atoms with Crippen LogP contribution in [0.3, 0.4) is 0 Å². The van der Waals surface area contributed by atoms with Gasteiger partial charge in [0.1, 0.15) is 0 Å². The number of carbonyl (C=O) groups excluding carboxylic acids is 2. The number of rotatable bonds is 0. The van der Waals surface area contributed by atoms with E-state index in [2.05, 4.69) is 15.6 Å². The summed E-state index contributed by atoms with van der Waals surface area (Å²) in [5.74, 6) is -0.657. The first-order valence-electron chi connectivity index (χ1n) is 3.40. The van der Waals surface area contributed by atoms with Crippen LogP contribution in [0.1, 0.15) is 20.7 Å². The zero-order chi connectivity index (χ0) is 8.72. The first-order valence-corrected chi connectivity index (χ1v) is 3.90. The van der Waals surface area contributed by atoms with Crippen LogP contribution in [0.5, 0.6) is 0 Å². The maximum Gasteiger partial charge on any atom is 0.258 e. The fraction of sp³-hybridized carbons (Fsp3) is 0. The second-order valence-corrected chi connectivity index (χ2v) is 3.05. The first-order chi connectivity index (χ1) is 5.70. The van der Waals surface area contributed by atoms with Crippen molar-refractivity contribution >= 4 is 27.2 Å². The Labute approximate surface area is 72.2 Å². The monoisotopic (exact) mass is 174 g/mol. The number of benzene rings is 1. The Kier molecular flexibility index (Phi) is 1.38. The number of carbonyl (C=O) groups is 2. The summed E-state index contributed by atoms with van der Waals surface area (Å²) in [6.45, 7) is 0. The van der Waals surface area contributed by atoms with Gasteiger partial charge >= 0.3 is 0 Å². The highest BCUT2D eigenvalue weighted by Crippen LogP contribution is 2.11. The van der Waals surface area contributed by atoms with E-state index in [0.717, 1.165) is 0 Å². The van der Waals surface area contributed by atoms with E-state index in [-0.39, 0.29) is 11.8 Å². The van der Waals surface area contributed by atoms with Crippen molar-refractivity contribution in [2.75, 3.05) is 0 Å². The van der Waals surface area contributed by atoms with E-state index in [1.165, 1.54) is 0 Å². The molecule has 3 radical (unpaired) electrons. The van der Waals surface area contributed by atoms with Gasteiger partial charge in [-0.05, 0) is 6.07 Å². The molecule has 0 bridgehead atoms. The molecule has 1 aromatic rings. The topological polar surface area (TPSA) is 46.2 Å². The number of hydrogen-bond donors (Lipinski definition) is 1. The van der Waals surface area contributed by atoms with Gasteiger partial charge in [0.25, 0.3) is 11.8 Å². The summed E-state index contributed by atoms with van der Waals surface area (Å²) in [5, 5.41) is 2.86. The van der Waals surface area contributed by atoms with E-state index in [1.807, 2.05) is 0 Å². The molecule has 1 N–H and O–H groups in total. The zero-order valence-electron chi connectivity index (χ0n) is 6.05. The maximum atomic E-state index is 11.1. The largest absolute Gasteiger partial charge is 0.288 e. The van der Waals surface area contributed by atoms with Crippen LogP contribution in [-0.4, -0.2) is 22.1 Å². The summed E-state index contributed by atoms with van der Waals surface area (Å²) in [7, 11) is 3.25. The fourth-order valence-electron chi connectivity index (χ4n) is 1.22. The van der Waals surface area contributed by atoms with E-state index in [0.29, 0.717) is 16.3 Å². The molecule has 0 saturated heterocycles. The average Bonchev–Trinajstić information content (AvgIpc) is 2.29. The second-order valence-electron chi connectivity index (χ2n) is 2.51. The molecule has 0 atom stereocenters. The van der Waals surface area contributed by atoms with Crippen molar-refractivity contribution in [3.05, 3.63) is 29.3 Å². The van der Waals surface area contributed by atoms with E-state index >= 15 is 0 Å². The van der Waals surface area contributed by atoms with Crippen molar-refractivity contribution in [2.24, 2.45) is 0 Å². The zero-order valence-corrected chi connectivity index (χ0v) is 7.05. The molecule has 1 aliphatic heterocycles. The van der Waals surface area contributed by atoms with Crippen molar-refractivity contribution in [1.82, 2.24) is 5.32 Å². The molecule has 1 aromatic carbocycles. The van der Waals surface area contributed by atoms with Gasteiger partial charge in [-0.15, -0.1) is 0 Å². The van der Waals surface area contributed by atoms with Crippen LogP contribution >= 0.6 is 0 Å². The summed E-state index contributed by atoms with van der Waals surface area (Å²) in [6, 6.07) is 5.08. The molecule has 4 heteroatoms. The van der Waals surface area contributed by atoms with Crippen LogP contribution in [0, 0.1) is 0 Å². The number of amides is 2. The van der Waals surface area contributed by atoms with Crippen LogP contribution in [-0.2, 0) is 0 Å². The molecule has 2 amide bonds. The van der Waals surface area contributed by atoms with Crippen molar-refractivity contribution in [1.29, 1.82) is 0 Å². The lowest BCUT2D eigenvalue weighted by atomic mass is 10.1. The summed E-state index contributed by atoms with van der Waals surface area (Å²) in [5.41, 5.74) is 0.867. The van der Waals surface area contributed by atoms with E-state index in [4.69, 9.17) is 0 Å². The van der Waals surface area contributed by atoms with Crippen LogP contribution in [0.25, 0.3) is 0 Å². The Morgan fingerprint density at radius 3 is 2.58 bits per heavy atom. The molecular formula is C8H4NO2Si. The lowest BCUT2D eigenvalue weighted by molar-refractivity contribution is 0.0880. The molecule has 0 spiro atoms. The van der Waals surface area contributed by atoms with Gasteiger partial charge in [0.15, 0.2) is 0 Å². The molecule has 0 saturated carbocycles. The molecule has 12 heavy (non-hydrogen) atoms. The predicted molar refractivity (Wildman–Crippen MR) is 43.6 cm³/mol. The third-order valence-corrected chi connectivity index (χ3v) is 2.18. The van der Waals surface area contributed by atoms with E-state index in [1.54, 1.807) is 18.2 Å². The number of fused-ring (bicyclic) bond motifs is 1. The number of imide groups is 1. The average molecular weight is 174 g/mol. The van der Waals surface area contributed by atoms with Gasteiger partial charge in [-0.25, -0.2) is 0 Å². The van der Waals surface area contributed by atoms with Crippen molar-refractivity contribution < 1.29 is 9.59 Å². The molecule has 0 unspecified atom stereocenters. The third-order valence-electron chi connectivity index (χ3n) is 1.76. The Hall–Kier alpha value is -1.42. The van der Waals surface area contributed by atoms with Gasteiger partial charge in [-0.2, -0.15) is 0 Å². The smallest absolute Gasteiger partial charge is 0.258 e. The number of hydrogen-bond acceptors (Lipinski definition) is 2. The van der Waals surface area contributed by atoms with Crippen molar-refractivity contribution in [2.45, 2.75) is 0 Å². The molecular weight excluding hydrogens is 170 g/mol. The molecule has 0 fully saturated rings. The summed E-state index contributed by atoms with van der Waals surface area (Å²) >= 11 is 0. The SMILES string of the molecule is O=C1NC(=O)c2c([Si])cccc21. The Morgan fingerprint density at radius 1 is 1.17 bits per heavy atom. The van der Waals surface area contributed by atoms with Gasteiger partial charge in [0.2, 0.25) is 0 Å². The van der Waals surface area contributed by atoms with Gasteiger partial charge < -0.3 is 0 Å². The first kappa shape index (κ1) is 7.24. The molecule has 2 rings (SSSR count). The van der Waals surface area contributed by atoms with Crippen molar-refractivity contribution in [3.8, 4) is 0 Å². The van der Waals surface area contributed by atoms with Gasteiger partial charge in [0.05, 0.1) is 21.4 Å².